The molecular weight excluding hydrogens is 258 g/mol. The molecule has 1 nitrogen and oxygen atoms in total. The molecule has 0 bridgehead atoms. The molecule has 2 aromatic carbocycles. The molecular formula is C14H11F4N. The van der Waals surface area contributed by atoms with Crippen molar-refractivity contribution in [1.29, 1.82) is 0 Å². The van der Waals surface area contributed by atoms with Gasteiger partial charge in [0.1, 0.15) is 17.3 Å². The maximum absolute atomic E-state index is 13.5. The molecule has 0 amide bonds. The number of hydrogen-bond acceptors (Lipinski definition) is 1. The summed E-state index contributed by atoms with van der Waals surface area (Å²) in [5.74, 6) is -3.57. The third-order valence-corrected chi connectivity index (χ3v) is 2.66. The average molecular weight is 269 g/mol. The third-order valence-electron chi connectivity index (χ3n) is 2.66. The lowest BCUT2D eigenvalue weighted by Crippen LogP contribution is -2.06. The Balaban J connectivity index is 2.21. The Kier molecular flexibility index (Phi) is 3.74. The summed E-state index contributed by atoms with van der Waals surface area (Å²) in [4.78, 5) is 0. The first-order valence-electron chi connectivity index (χ1n) is 5.61. The second kappa shape index (κ2) is 5.30. The lowest BCUT2D eigenvalue weighted by atomic mass is 10.1. The van der Waals surface area contributed by atoms with Crippen molar-refractivity contribution < 1.29 is 17.6 Å². The summed E-state index contributed by atoms with van der Waals surface area (Å²) in [6.07, 6.45) is 0. The molecule has 19 heavy (non-hydrogen) atoms. The molecule has 100 valence electrons. The highest BCUT2D eigenvalue weighted by atomic mass is 19.1. The summed E-state index contributed by atoms with van der Waals surface area (Å²) in [6.45, 7) is 1.69. The highest BCUT2D eigenvalue weighted by Gasteiger charge is 2.12. The average Bonchev–Trinajstić information content (AvgIpc) is 2.32. The fourth-order valence-corrected chi connectivity index (χ4v) is 1.73. The standard InChI is InChI=1S/C14H11F4N/c1-8-2-3-11(16)9(4-8)7-19-14-12(17)5-10(15)6-13(14)18/h2-6,19H,7H2,1H3. The fraction of sp³-hybridized carbons (Fsp3) is 0.143. The summed E-state index contributed by atoms with van der Waals surface area (Å²) in [7, 11) is 0. The van der Waals surface area contributed by atoms with Gasteiger partial charge in [0.25, 0.3) is 0 Å². The van der Waals surface area contributed by atoms with E-state index in [9.17, 15) is 17.6 Å². The summed E-state index contributed by atoms with van der Waals surface area (Å²) in [6, 6.07) is 5.58. The van der Waals surface area contributed by atoms with Gasteiger partial charge in [-0.15, -0.1) is 0 Å². The first kappa shape index (κ1) is 13.4. The Morgan fingerprint density at radius 3 is 2.16 bits per heavy atom. The fourth-order valence-electron chi connectivity index (χ4n) is 1.73. The van der Waals surface area contributed by atoms with Gasteiger partial charge >= 0.3 is 0 Å². The van der Waals surface area contributed by atoms with Crippen molar-refractivity contribution in [3.63, 3.8) is 0 Å². The SMILES string of the molecule is Cc1ccc(F)c(CNc2c(F)cc(F)cc2F)c1. The summed E-state index contributed by atoms with van der Waals surface area (Å²) >= 11 is 0. The maximum Gasteiger partial charge on any atom is 0.152 e. The minimum absolute atomic E-state index is 0.0903. The van der Waals surface area contributed by atoms with E-state index < -0.39 is 29.0 Å². The lowest BCUT2D eigenvalue weighted by Gasteiger charge is -2.10. The Bertz CT molecular complexity index is 587. The van der Waals surface area contributed by atoms with E-state index in [0.717, 1.165) is 5.56 Å². The Labute approximate surface area is 107 Å². The molecule has 0 unspecified atom stereocenters. The predicted octanol–water partition coefficient (Wildman–Crippen LogP) is 4.16. The lowest BCUT2D eigenvalue weighted by molar-refractivity contribution is 0.546. The van der Waals surface area contributed by atoms with Crippen molar-refractivity contribution in [2.24, 2.45) is 0 Å². The van der Waals surface area contributed by atoms with Gasteiger partial charge in [0.05, 0.1) is 0 Å². The summed E-state index contributed by atoms with van der Waals surface area (Å²) in [5.41, 5.74) is 0.642. The molecule has 2 aromatic rings. The first-order chi connectivity index (χ1) is 8.97. The van der Waals surface area contributed by atoms with Gasteiger partial charge in [0.15, 0.2) is 11.6 Å². The highest BCUT2D eigenvalue weighted by Crippen LogP contribution is 2.21. The molecule has 0 aliphatic heterocycles. The number of aryl methyl sites for hydroxylation is 1. The van der Waals surface area contributed by atoms with Crippen LogP contribution in [0.5, 0.6) is 0 Å². The Morgan fingerprint density at radius 2 is 1.53 bits per heavy atom. The van der Waals surface area contributed by atoms with Crippen LogP contribution in [0.3, 0.4) is 0 Å². The van der Waals surface area contributed by atoms with Crippen LogP contribution < -0.4 is 5.32 Å². The number of nitrogens with one attached hydrogen (secondary N) is 1. The zero-order valence-corrected chi connectivity index (χ0v) is 10.1. The van der Waals surface area contributed by atoms with Crippen molar-refractivity contribution in [3.05, 3.63) is 64.7 Å². The van der Waals surface area contributed by atoms with Crippen LogP contribution in [0.1, 0.15) is 11.1 Å². The number of halogens is 4. The maximum atomic E-state index is 13.5. The molecule has 2 rings (SSSR count). The van der Waals surface area contributed by atoms with Gasteiger partial charge in [-0.1, -0.05) is 17.7 Å². The largest absolute Gasteiger partial charge is 0.376 e. The molecule has 1 N–H and O–H groups in total. The van der Waals surface area contributed by atoms with Crippen LogP contribution in [-0.4, -0.2) is 0 Å². The number of rotatable bonds is 3. The molecule has 0 saturated heterocycles. The molecule has 0 aliphatic carbocycles. The van der Waals surface area contributed by atoms with Crippen LogP contribution in [0.25, 0.3) is 0 Å². The topological polar surface area (TPSA) is 12.0 Å². The van der Waals surface area contributed by atoms with Gasteiger partial charge in [0, 0.05) is 24.2 Å². The third kappa shape index (κ3) is 3.05. The van der Waals surface area contributed by atoms with Gasteiger partial charge in [-0.05, 0) is 13.0 Å². The second-order valence-electron chi connectivity index (χ2n) is 4.19. The van der Waals surface area contributed by atoms with E-state index in [-0.39, 0.29) is 12.1 Å². The molecule has 0 fully saturated rings. The van der Waals surface area contributed by atoms with Gasteiger partial charge in [-0.3, -0.25) is 0 Å². The van der Waals surface area contributed by atoms with E-state index in [2.05, 4.69) is 5.32 Å². The van der Waals surface area contributed by atoms with Gasteiger partial charge < -0.3 is 5.32 Å². The van der Waals surface area contributed by atoms with Crippen LogP contribution in [0.15, 0.2) is 30.3 Å². The van der Waals surface area contributed by atoms with Crippen molar-refractivity contribution in [3.8, 4) is 0 Å². The number of anilines is 1. The zero-order chi connectivity index (χ0) is 14.0. The Morgan fingerprint density at radius 1 is 0.895 bits per heavy atom. The number of hydrogen-bond donors (Lipinski definition) is 1. The Hall–Kier alpha value is -2.04. The molecule has 0 aliphatic rings. The molecule has 0 heterocycles. The smallest absolute Gasteiger partial charge is 0.152 e. The van der Waals surface area contributed by atoms with Crippen LogP contribution in [0.4, 0.5) is 23.2 Å². The van der Waals surface area contributed by atoms with Crippen molar-refractivity contribution in [1.82, 2.24) is 0 Å². The van der Waals surface area contributed by atoms with E-state index in [1.54, 1.807) is 19.1 Å². The molecule has 0 atom stereocenters. The van der Waals surface area contributed by atoms with Gasteiger partial charge in [0.2, 0.25) is 0 Å². The molecule has 0 radical (unpaired) electrons. The van der Waals surface area contributed by atoms with Crippen LogP contribution in [0, 0.1) is 30.2 Å². The molecule has 5 heteroatoms. The van der Waals surface area contributed by atoms with Gasteiger partial charge in [-0.25, -0.2) is 17.6 Å². The monoisotopic (exact) mass is 269 g/mol. The number of benzene rings is 2. The van der Waals surface area contributed by atoms with Crippen molar-refractivity contribution in [2.75, 3.05) is 5.32 Å². The van der Waals surface area contributed by atoms with E-state index in [0.29, 0.717) is 12.1 Å². The van der Waals surface area contributed by atoms with Gasteiger partial charge in [-0.2, -0.15) is 0 Å². The highest BCUT2D eigenvalue weighted by molar-refractivity contribution is 5.47. The van der Waals surface area contributed by atoms with E-state index in [1.807, 2.05) is 0 Å². The molecule has 0 saturated carbocycles. The van der Waals surface area contributed by atoms with Crippen LogP contribution in [-0.2, 0) is 6.54 Å². The quantitative estimate of drug-likeness (QED) is 0.825. The van der Waals surface area contributed by atoms with E-state index >= 15 is 0 Å². The second-order valence-corrected chi connectivity index (χ2v) is 4.19. The molecule has 0 spiro atoms. The zero-order valence-electron chi connectivity index (χ0n) is 10.1. The minimum atomic E-state index is -1.05. The minimum Gasteiger partial charge on any atom is -0.376 e. The molecule has 0 aromatic heterocycles. The first-order valence-corrected chi connectivity index (χ1v) is 5.61. The van der Waals surface area contributed by atoms with Crippen molar-refractivity contribution in [2.45, 2.75) is 13.5 Å². The van der Waals surface area contributed by atoms with Crippen LogP contribution >= 0.6 is 0 Å². The predicted molar refractivity (Wildman–Crippen MR) is 64.8 cm³/mol. The summed E-state index contributed by atoms with van der Waals surface area (Å²) < 4.78 is 52.9. The summed E-state index contributed by atoms with van der Waals surface area (Å²) in [5, 5.41) is 2.44. The normalized spacial score (nSPS) is 10.6. The van der Waals surface area contributed by atoms with Crippen molar-refractivity contribution >= 4 is 5.69 Å². The van der Waals surface area contributed by atoms with E-state index in [1.165, 1.54) is 6.07 Å². The van der Waals surface area contributed by atoms with Crippen LogP contribution in [0.2, 0.25) is 0 Å². The van der Waals surface area contributed by atoms with E-state index in [4.69, 9.17) is 0 Å².